The largest absolute Gasteiger partial charge is 0.481 e. The molecule has 1 aromatic heterocycles. The van der Waals surface area contributed by atoms with Crippen molar-refractivity contribution >= 4 is 11.9 Å². The van der Waals surface area contributed by atoms with Gasteiger partial charge in [0.05, 0.1) is 11.6 Å². The Labute approximate surface area is 156 Å². The van der Waals surface area contributed by atoms with Crippen LogP contribution in [0.4, 0.5) is 4.39 Å². The Morgan fingerprint density at radius 3 is 2.48 bits per heavy atom. The van der Waals surface area contributed by atoms with Gasteiger partial charge in [-0.15, -0.1) is 0 Å². The van der Waals surface area contributed by atoms with Gasteiger partial charge in [0.15, 0.2) is 0 Å². The van der Waals surface area contributed by atoms with Gasteiger partial charge in [-0.05, 0) is 62.8 Å². The minimum atomic E-state index is -0.853. The summed E-state index contributed by atoms with van der Waals surface area (Å²) in [6.07, 6.45) is 2.06. The van der Waals surface area contributed by atoms with Crippen LogP contribution in [0.1, 0.15) is 34.6 Å². The number of hydrogen-bond donors (Lipinski definition) is 1. The fourth-order valence-corrected chi connectivity index (χ4v) is 4.13. The van der Waals surface area contributed by atoms with Crippen molar-refractivity contribution in [2.45, 2.75) is 26.7 Å². The number of hydrogen-bond acceptors (Lipinski definition) is 3. The zero-order valence-electron chi connectivity index (χ0n) is 15.4. The number of aliphatic carboxylic acids is 1. The van der Waals surface area contributed by atoms with Crippen molar-refractivity contribution in [3.05, 3.63) is 47.0 Å². The van der Waals surface area contributed by atoms with Crippen molar-refractivity contribution in [1.29, 1.82) is 0 Å². The van der Waals surface area contributed by atoms with Crippen LogP contribution < -0.4 is 0 Å². The number of likely N-dealkylation sites (tertiary alicyclic amines) is 1. The van der Waals surface area contributed by atoms with E-state index in [0.29, 0.717) is 12.5 Å². The van der Waals surface area contributed by atoms with Gasteiger partial charge in [-0.1, -0.05) is 0 Å². The maximum Gasteiger partial charge on any atom is 0.308 e. The van der Waals surface area contributed by atoms with E-state index in [-0.39, 0.29) is 29.6 Å². The first kappa shape index (κ1) is 17.7. The van der Waals surface area contributed by atoms with Gasteiger partial charge < -0.3 is 10.0 Å². The maximum atomic E-state index is 14.7. The van der Waals surface area contributed by atoms with Gasteiger partial charge in [-0.3, -0.25) is 9.59 Å². The number of rotatable bonds is 4. The molecular formula is C20H22FN3O3. The van der Waals surface area contributed by atoms with Gasteiger partial charge >= 0.3 is 5.97 Å². The van der Waals surface area contributed by atoms with E-state index in [1.165, 1.54) is 10.7 Å². The van der Waals surface area contributed by atoms with E-state index >= 15 is 0 Å². The molecule has 27 heavy (non-hydrogen) atoms. The highest BCUT2D eigenvalue weighted by molar-refractivity contribution is 5.95. The summed E-state index contributed by atoms with van der Waals surface area (Å²) < 4.78 is 16.2. The molecule has 4 rings (SSSR count). The van der Waals surface area contributed by atoms with Crippen LogP contribution in [0.15, 0.2) is 24.3 Å². The summed E-state index contributed by atoms with van der Waals surface area (Å²) >= 11 is 0. The summed E-state index contributed by atoms with van der Waals surface area (Å²) in [6.45, 7) is 4.30. The lowest BCUT2D eigenvalue weighted by molar-refractivity contribution is -0.142. The number of amides is 1. The van der Waals surface area contributed by atoms with Crippen LogP contribution in [0, 0.1) is 37.4 Å². The monoisotopic (exact) mass is 371 g/mol. The molecule has 1 aromatic carbocycles. The normalized spacial score (nSPS) is 22.3. The van der Waals surface area contributed by atoms with Crippen molar-refractivity contribution in [1.82, 2.24) is 14.7 Å². The van der Waals surface area contributed by atoms with E-state index in [4.69, 9.17) is 0 Å². The van der Waals surface area contributed by atoms with Gasteiger partial charge in [-0.25, -0.2) is 9.07 Å². The molecule has 0 spiro atoms. The highest BCUT2D eigenvalue weighted by atomic mass is 19.1. The number of carbonyl (C=O) groups excluding carboxylic acids is 1. The molecule has 0 radical (unpaired) electrons. The second-order valence-electron chi connectivity index (χ2n) is 7.66. The molecule has 0 unspecified atom stereocenters. The zero-order chi connectivity index (χ0) is 19.3. The standard InChI is InChI=1S/C20H22FN3O3/c1-11-7-12(2)24(22-11)18-6-5-14(8-17(18)21)19(25)23-9-15(13-3-4-13)16(10-23)20(26)27/h5-8,13,15-16H,3-4,9-10H2,1-2H3,(H,26,27)/t15-,16+/m1/s1. The Morgan fingerprint density at radius 1 is 1.19 bits per heavy atom. The molecule has 0 bridgehead atoms. The van der Waals surface area contributed by atoms with Gasteiger partial charge in [0.2, 0.25) is 0 Å². The predicted molar refractivity (Wildman–Crippen MR) is 96.2 cm³/mol. The van der Waals surface area contributed by atoms with Crippen molar-refractivity contribution in [3.8, 4) is 5.69 Å². The number of carboxylic acid groups (broad SMARTS) is 1. The molecule has 1 N–H and O–H groups in total. The summed E-state index contributed by atoms with van der Waals surface area (Å²) in [4.78, 5) is 25.9. The third-order valence-corrected chi connectivity index (χ3v) is 5.63. The number of aromatic nitrogens is 2. The summed E-state index contributed by atoms with van der Waals surface area (Å²) in [5, 5.41) is 13.7. The summed E-state index contributed by atoms with van der Waals surface area (Å²) in [5.74, 6) is -1.82. The number of halogens is 1. The van der Waals surface area contributed by atoms with E-state index in [0.717, 1.165) is 24.2 Å². The smallest absolute Gasteiger partial charge is 0.308 e. The van der Waals surface area contributed by atoms with Crippen LogP contribution in [-0.4, -0.2) is 44.8 Å². The highest BCUT2D eigenvalue weighted by Gasteiger charge is 2.46. The van der Waals surface area contributed by atoms with E-state index in [2.05, 4.69) is 5.10 Å². The quantitative estimate of drug-likeness (QED) is 0.897. The van der Waals surface area contributed by atoms with Gasteiger partial charge in [0.1, 0.15) is 11.5 Å². The predicted octanol–water partition coefficient (Wildman–Crippen LogP) is 2.81. The van der Waals surface area contributed by atoms with E-state index in [1.807, 2.05) is 19.9 Å². The summed E-state index contributed by atoms with van der Waals surface area (Å²) in [6, 6.07) is 6.20. The number of nitrogens with zero attached hydrogens (tertiary/aromatic N) is 3. The van der Waals surface area contributed by atoms with Crippen LogP contribution in [0.2, 0.25) is 0 Å². The van der Waals surface area contributed by atoms with Crippen molar-refractivity contribution in [3.63, 3.8) is 0 Å². The Kier molecular flexibility index (Phi) is 4.25. The Bertz CT molecular complexity index is 919. The second-order valence-corrected chi connectivity index (χ2v) is 7.66. The lowest BCUT2D eigenvalue weighted by atomic mass is 9.92. The SMILES string of the molecule is Cc1cc(C)n(-c2ccc(C(=O)N3C[C@H](C(=O)O)[C@@H](C4CC4)C3)cc2F)n1. The van der Waals surface area contributed by atoms with E-state index in [1.54, 1.807) is 17.0 Å². The molecule has 1 amide bonds. The van der Waals surface area contributed by atoms with Crippen molar-refractivity contribution in [2.24, 2.45) is 17.8 Å². The zero-order valence-corrected chi connectivity index (χ0v) is 15.4. The molecule has 2 atom stereocenters. The lowest BCUT2D eigenvalue weighted by Gasteiger charge is -2.17. The molecular weight excluding hydrogens is 349 g/mol. The van der Waals surface area contributed by atoms with Crippen LogP contribution in [0.3, 0.4) is 0 Å². The third-order valence-electron chi connectivity index (χ3n) is 5.63. The van der Waals surface area contributed by atoms with Crippen molar-refractivity contribution in [2.75, 3.05) is 13.1 Å². The average Bonchev–Trinajstić information content (AvgIpc) is 3.27. The molecule has 1 saturated heterocycles. The molecule has 1 aliphatic heterocycles. The van der Waals surface area contributed by atoms with Crippen LogP contribution in [-0.2, 0) is 4.79 Å². The van der Waals surface area contributed by atoms with Gasteiger partial charge in [0.25, 0.3) is 5.91 Å². The number of aryl methyl sites for hydroxylation is 2. The molecule has 1 saturated carbocycles. The number of carboxylic acids is 1. The van der Waals surface area contributed by atoms with Crippen LogP contribution >= 0.6 is 0 Å². The van der Waals surface area contributed by atoms with Crippen LogP contribution in [0.5, 0.6) is 0 Å². The van der Waals surface area contributed by atoms with E-state index in [9.17, 15) is 19.1 Å². The molecule has 142 valence electrons. The van der Waals surface area contributed by atoms with Gasteiger partial charge in [0, 0.05) is 24.3 Å². The van der Waals surface area contributed by atoms with E-state index < -0.39 is 17.7 Å². The first-order valence-electron chi connectivity index (χ1n) is 9.20. The summed E-state index contributed by atoms with van der Waals surface area (Å²) in [5.41, 5.74) is 2.12. The fourth-order valence-electron chi connectivity index (χ4n) is 4.13. The molecule has 2 aliphatic rings. The second kappa shape index (κ2) is 6.48. The molecule has 6 nitrogen and oxygen atoms in total. The topological polar surface area (TPSA) is 75.4 Å². The van der Waals surface area contributed by atoms with Gasteiger partial charge in [-0.2, -0.15) is 5.10 Å². The number of benzene rings is 1. The lowest BCUT2D eigenvalue weighted by Crippen LogP contribution is -2.30. The number of carbonyl (C=O) groups is 2. The first-order chi connectivity index (χ1) is 12.8. The Morgan fingerprint density at radius 2 is 1.93 bits per heavy atom. The fraction of sp³-hybridized carbons (Fsp3) is 0.450. The minimum absolute atomic E-state index is 0.00488. The Balaban J connectivity index is 1.57. The molecule has 2 fully saturated rings. The molecule has 7 heteroatoms. The third kappa shape index (κ3) is 3.22. The summed E-state index contributed by atoms with van der Waals surface area (Å²) in [7, 11) is 0. The Hall–Kier alpha value is -2.70. The molecule has 1 aliphatic carbocycles. The van der Waals surface area contributed by atoms with Crippen molar-refractivity contribution < 1.29 is 19.1 Å². The first-order valence-corrected chi connectivity index (χ1v) is 9.20. The minimum Gasteiger partial charge on any atom is -0.481 e. The average molecular weight is 371 g/mol. The highest BCUT2D eigenvalue weighted by Crippen LogP contribution is 2.44. The van der Waals surface area contributed by atoms with Crippen LogP contribution in [0.25, 0.3) is 5.69 Å². The molecule has 2 aromatic rings. The maximum absolute atomic E-state index is 14.7. The molecule has 2 heterocycles.